The third kappa shape index (κ3) is 6.08. The molecule has 0 aliphatic carbocycles. The Labute approximate surface area is 168 Å². The fraction of sp³-hybridized carbons (Fsp3) is 0.450. The fourth-order valence-corrected chi connectivity index (χ4v) is 3.00. The molecule has 0 radical (unpaired) electrons. The summed E-state index contributed by atoms with van der Waals surface area (Å²) >= 11 is 0. The lowest BCUT2D eigenvalue weighted by atomic mass is 9.93. The second-order valence-corrected chi connectivity index (χ2v) is 7.69. The summed E-state index contributed by atoms with van der Waals surface area (Å²) in [5.41, 5.74) is 5.94. The SMILES string of the molecule is CC(C)C[C@](C)(N)COc1cnc(-c2ccnc(N(C)C(=O)O)c2)cc1C(F)F. The Bertz CT molecular complexity index is 859. The predicted molar refractivity (Wildman–Crippen MR) is 106 cm³/mol. The number of hydrogen-bond donors (Lipinski definition) is 2. The molecule has 0 bridgehead atoms. The zero-order valence-corrected chi connectivity index (χ0v) is 16.9. The average molecular weight is 408 g/mol. The van der Waals surface area contributed by atoms with E-state index in [-0.39, 0.29) is 29.4 Å². The first kappa shape index (κ1) is 22.5. The highest BCUT2D eigenvalue weighted by atomic mass is 19.3. The fourth-order valence-electron chi connectivity index (χ4n) is 3.00. The van der Waals surface area contributed by atoms with Gasteiger partial charge in [-0.3, -0.25) is 9.88 Å². The second kappa shape index (κ2) is 9.13. The summed E-state index contributed by atoms with van der Waals surface area (Å²) < 4.78 is 32.8. The lowest BCUT2D eigenvalue weighted by Crippen LogP contribution is -2.43. The Morgan fingerprint density at radius 2 is 2.03 bits per heavy atom. The van der Waals surface area contributed by atoms with Crippen molar-refractivity contribution in [2.75, 3.05) is 18.6 Å². The molecule has 1 amide bonds. The van der Waals surface area contributed by atoms with Crippen molar-refractivity contribution in [1.29, 1.82) is 0 Å². The molecule has 0 saturated carbocycles. The molecule has 2 aromatic heterocycles. The van der Waals surface area contributed by atoms with Gasteiger partial charge in [0.1, 0.15) is 18.2 Å². The molecule has 2 heterocycles. The van der Waals surface area contributed by atoms with Gasteiger partial charge in [0.2, 0.25) is 0 Å². The van der Waals surface area contributed by atoms with Gasteiger partial charge in [0, 0.05) is 24.3 Å². The molecule has 0 aliphatic rings. The van der Waals surface area contributed by atoms with Gasteiger partial charge in [0.15, 0.2) is 0 Å². The highest BCUT2D eigenvalue weighted by Crippen LogP contribution is 2.33. The van der Waals surface area contributed by atoms with E-state index in [0.717, 1.165) is 4.90 Å². The number of pyridine rings is 2. The molecule has 0 fully saturated rings. The third-order valence-electron chi connectivity index (χ3n) is 4.24. The average Bonchev–Trinajstić information content (AvgIpc) is 2.64. The zero-order valence-electron chi connectivity index (χ0n) is 16.9. The first-order chi connectivity index (χ1) is 13.5. The molecule has 0 saturated heterocycles. The minimum atomic E-state index is -2.77. The normalized spacial score (nSPS) is 13.4. The Morgan fingerprint density at radius 1 is 1.34 bits per heavy atom. The van der Waals surface area contributed by atoms with Gasteiger partial charge in [-0.15, -0.1) is 0 Å². The van der Waals surface area contributed by atoms with Gasteiger partial charge in [0.05, 0.1) is 17.5 Å². The highest BCUT2D eigenvalue weighted by molar-refractivity contribution is 5.84. The minimum Gasteiger partial charge on any atom is -0.490 e. The molecule has 9 heteroatoms. The number of amides is 1. The minimum absolute atomic E-state index is 0.0267. The van der Waals surface area contributed by atoms with Crippen LogP contribution in [0.25, 0.3) is 11.3 Å². The smallest absolute Gasteiger partial charge is 0.412 e. The van der Waals surface area contributed by atoms with Gasteiger partial charge >= 0.3 is 6.09 Å². The third-order valence-corrected chi connectivity index (χ3v) is 4.24. The van der Waals surface area contributed by atoms with E-state index in [2.05, 4.69) is 9.97 Å². The van der Waals surface area contributed by atoms with Crippen LogP contribution in [0.1, 0.15) is 39.2 Å². The number of rotatable bonds is 8. The lowest BCUT2D eigenvalue weighted by Gasteiger charge is -2.27. The first-order valence-corrected chi connectivity index (χ1v) is 9.13. The van der Waals surface area contributed by atoms with E-state index in [1.165, 1.54) is 31.6 Å². The number of ether oxygens (including phenoxy) is 1. The number of anilines is 1. The van der Waals surface area contributed by atoms with E-state index < -0.39 is 18.1 Å². The lowest BCUT2D eigenvalue weighted by molar-refractivity contribution is 0.139. The van der Waals surface area contributed by atoms with E-state index in [4.69, 9.17) is 15.6 Å². The van der Waals surface area contributed by atoms with Crippen molar-refractivity contribution in [3.63, 3.8) is 0 Å². The Morgan fingerprint density at radius 3 is 2.62 bits per heavy atom. The molecule has 29 heavy (non-hydrogen) atoms. The molecule has 0 aromatic carbocycles. The van der Waals surface area contributed by atoms with Crippen LogP contribution in [0.5, 0.6) is 5.75 Å². The molecule has 0 unspecified atom stereocenters. The molecule has 1 atom stereocenters. The predicted octanol–water partition coefficient (Wildman–Crippen LogP) is 4.34. The summed E-state index contributed by atoms with van der Waals surface area (Å²) in [6.07, 6.45) is -0.651. The van der Waals surface area contributed by atoms with Crippen LogP contribution < -0.4 is 15.4 Å². The summed E-state index contributed by atoms with van der Waals surface area (Å²) in [5.74, 6) is 0.470. The molecule has 7 nitrogen and oxygen atoms in total. The van der Waals surface area contributed by atoms with Crippen molar-refractivity contribution in [1.82, 2.24) is 9.97 Å². The topological polar surface area (TPSA) is 102 Å². The van der Waals surface area contributed by atoms with E-state index >= 15 is 0 Å². The van der Waals surface area contributed by atoms with Crippen molar-refractivity contribution in [3.05, 3.63) is 36.2 Å². The Hall–Kier alpha value is -2.81. The van der Waals surface area contributed by atoms with Crippen LogP contribution in [-0.4, -0.2) is 40.4 Å². The second-order valence-electron chi connectivity index (χ2n) is 7.69. The van der Waals surface area contributed by atoms with E-state index in [1.807, 2.05) is 20.8 Å². The maximum atomic E-state index is 13.6. The maximum absolute atomic E-state index is 13.6. The van der Waals surface area contributed by atoms with E-state index in [9.17, 15) is 13.6 Å². The molecule has 0 aliphatic heterocycles. The summed E-state index contributed by atoms with van der Waals surface area (Å²) in [7, 11) is 1.34. The summed E-state index contributed by atoms with van der Waals surface area (Å²) in [5, 5.41) is 9.07. The molecule has 0 spiro atoms. The summed E-state index contributed by atoms with van der Waals surface area (Å²) in [4.78, 5) is 20.2. The van der Waals surface area contributed by atoms with Crippen LogP contribution in [0, 0.1) is 5.92 Å². The molecule has 3 N–H and O–H groups in total. The molecule has 158 valence electrons. The number of halogens is 2. The summed E-state index contributed by atoms with van der Waals surface area (Å²) in [6.45, 7) is 5.94. The monoisotopic (exact) mass is 408 g/mol. The van der Waals surface area contributed by atoms with Crippen LogP contribution >= 0.6 is 0 Å². The number of hydrogen-bond acceptors (Lipinski definition) is 5. The zero-order chi connectivity index (χ0) is 21.8. The number of alkyl halides is 2. The van der Waals surface area contributed by atoms with Crippen molar-refractivity contribution < 1.29 is 23.4 Å². The van der Waals surface area contributed by atoms with Gasteiger partial charge in [-0.25, -0.2) is 18.6 Å². The Balaban J connectivity index is 2.30. The molecule has 2 rings (SSSR count). The number of carboxylic acid groups (broad SMARTS) is 1. The standard InChI is InChI=1S/C20H26F2N4O3/c1-12(2)9-20(3,23)11-29-16-10-25-15(8-14(16)18(21)22)13-5-6-24-17(7-13)26(4)19(27)28/h5-8,10,12,18H,9,11,23H2,1-4H3,(H,27,28)/t20-/m0/s1. The summed E-state index contributed by atoms with van der Waals surface area (Å²) in [6, 6.07) is 4.26. The van der Waals surface area contributed by atoms with E-state index in [0.29, 0.717) is 17.9 Å². The molecule has 2 aromatic rings. The molecular weight excluding hydrogens is 382 g/mol. The van der Waals surface area contributed by atoms with Crippen LogP contribution in [0.15, 0.2) is 30.6 Å². The number of nitrogens with zero attached hydrogens (tertiary/aromatic N) is 3. The maximum Gasteiger partial charge on any atom is 0.412 e. The highest BCUT2D eigenvalue weighted by Gasteiger charge is 2.24. The Kier molecular flexibility index (Phi) is 7.07. The number of aromatic nitrogens is 2. The van der Waals surface area contributed by atoms with Crippen molar-refractivity contribution >= 4 is 11.9 Å². The van der Waals surface area contributed by atoms with Crippen molar-refractivity contribution in [2.45, 2.75) is 39.2 Å². The number of carbonyl (C=O) groups is 1. The first-order valence-electron chi connectivity index (χ1n) is 9.13. The van der Waals surface area contributed by atoms with Crippen molar-refractivity contribution in [2.24, 2.45) is 11.7 Å². The molecular formula is C20H26F2N4O3. The van der Waals surface area contributed by atoms with Crippen LogP contribution in [0.4, 0.5) is 19.4 Å². The van der Waals surface area contributed by atoms with Gasteiger partial charge in [-0.2, -0.15) is 0 Å². The van der Waals surface area contributed by atoms with Gasteiger partial charge < -0.3 is 15.6 Å². The van der Waals surface area contributed by atoms with Crippen LogP contribution in [-0.2, 0) is 0 Å². The van der Waals surface area contributed by atoms with Crippen LogP contribution in [0.3, 0.4) is 0 Å². The quantitative estimate of drug-likeness (QED) is 0.674. The number of nitrogens with two attached hydrogens (primary N) is 1. The van der Waals surface area contributed by atoms with E-state index in [1.54, 1.807) is 6.07 Å². The largest absolute Gasteiger partial charge is 0.490 e. The van der Waals surface area contributed by atoms with Gasteiger partial charge in [-0.05, 0) is 37.5 Å². The van der Waals surface area contributed by atoms with Crippen molar-refractivity contribution in [3.8, 4) is 17.0 Å². The van der Waals surface area contributed by atoms with Gasteiger partial charge in [-0.1, -0.05) is 13.8 Å². The van der Waals surface area contributed by atoms with Gasteiger partial charge in [0.25, 0.3) is 6.43 Å². The van der Waals surface area contributed by atoms with Crippen LogP contribution in [0.2, 0.25) is 0 Å².